The lowest BCUT2D eigenvalue weighted by Crippen LogP contribution is -2.50. The van der Waals surface area contributed by atoms with E-state index in [4.69, 9.17) is 0 Å². The van der Waals surface area contributed by atoms with Crippen LogP contribution in [0, 0.1) is 0 Å². The van der Waals surface area contributed by atoms with Crippen LogP contribution in [-0.4, -0.2) is 27.6 Å². The van der Waals surface area contributed by atoms with Crippen molar-refractivity contribution in [2.75, 3.05) is 0 Å². The molecule has 0 unspecified atom stereocenters. The molecule has 1 amide bonds. The third-order valence-electron chi connectivity index (χ3n) is 4.50. The predicted molar refractivity (Wildman–Crippen MR) is 68.8 cm³/mol. The smallest absolute Gasteiger partial charge is 0.223 e. The maximum atomic E-state index is 12.1. The molecule has 0 radical (unpaired) electrons. The van der Waals surface area contributed by atoms with Gasteiger partial charge in [-0.05, 0) is 31.2 Å². The number of hydrogen-bond acceptors (Lipinski definition) is 2. The molecule has 2 fully saturated rings. The lowest BCUT2D eigenvalue weighted by atomic mass is 9.91. The lowest BCUT2D eigenvalue weighted by molar-refractivity contribution is -0.134. The summed E-state index contributed by atoms with van der Waals surface area (Å²) >= 11 is 0. The van der Waals surface area contributed by atoms with Gasteiger partial charge in [0.05, 0.1) is 11.6 Å². The van der Waals surface area contributed by atoms with Crippen LogP contribution in [0.2, 0.25) is 0 Å². The zero-order valence-electron chi connectivity index (χ0n) is 10.5. The van der Waals surface area contributed by atoms with Crippen LogP contribution < -0.4 is 0 Å². The zero-order valence-corrected chi connectivity index (χ0v) is 10.5. The molecule has 1 saturated carbocycles. The summed E-state index contributed by atoms with van der Waals surface area (Å²) < 4.78 is 0. The van der Waals surface area contributed by atoms with E-state index in [0.29, 0.717) is 13.0 Å². The van der Waals surface area contributed by atoms with Gasteiger partial charge in [-0.1, -0.05) is 30.3 Å². The number of benzene rings is 1. The first-order chi connectivity index (χ1) is 8.72. The highest BCUT2D eigenvalue weighted by atomic mass is 16.3. The van der Waals surface area contributed by atoms with Crippen molar-refractivity contribution in [2.24, 2.45) is 0 Å². The highest BCUT2D eigenvalue weighted by Gasteiger charge is 2.52. The van der Waals surface area contributed by atoms with Gasteiger partial charge < -0.3 is 10.0 Å². The fourth-order valence-electron chi connectivity index (χ4n) is 3.50. The largest absolute Gasteiger partial charge is 0.391 e. The third kappa shape index (κ3) is 1.74. The first kappa shape index (κ1) is 11.7. The van der Waals surface area contributed by atoms with E-state index in [9.17, 15) is 9.90 Å². The van der Waals surface area contributed by atoms with E-state index >= 15 is 0 Å². The molecule has 1 aliphatic carbocycles. The molecule has 1 spiro atoms. The molecule has 1 heterocycles. The summed E-state index contributed by atoms with van der Waals surface area (Å²) in [6.07, 6.45) is 3.88. The summed E-state index contributed by atoms with van der Waals surface area (Å²) in [6.45, 7) is 0.636. The third-order valence-corrected chi connectivity index (χ3v) is 4.50. The van der Waals surface area contributed by atoms with Gasteiger partial charge in [0.15, 0.2) is 0 Å². The molecule has 1 aromatic rings. The number of carbonyl (C=O) groups excluding carboxylic acids is 1. The van der Waals surface area contributed by atoms with Crippen molar-refractivity contribution in [1.29, 1.82) is 0 Å². The standard InChI is InChI=1S/C15H19NO2/c17-13-7-4-9-15(13)10-8-14(18)16(15)11-12-5-2-1-3-6-12/h1-3,5-6,13,17H,4,7-11H2/t13-,15-/m0/s1. The van der Waals surface area contributed by atoms with Gasteiger partial charge in [0, 0.05) is 13.0 Å². The lowest BCUT2D eigenvalue weighted by Gasteiger charge is -2.38. The van der Waals surface area contributed by atoms with E-state index in [1.165, 1.54) is 0 Å². The molecular formula is C15H19NO2. The number of carbonyl (C=O) groups is 1. The summed E-state index contributed by atoms with van der Waals surface area (Å²) in [6, 6.07) is 10.1. The monoisotopic (exact) mass is 245 g/mol. The Morgan fingerprint density at radius 3 is 2.72 bits per heavy atom. The molecule has 0 aromatic heterocycles. The molecule has 96 valence electrons. The second-order valence-electron chi connectivity index (χ2n) is 5.48. The van der Waals surface area contributed by atoms with Crippen LogP contribution in [0.5, 0.6) is 0 Å². The maximum absolute atomic E-state index is 12.1. The SMILES string of the molecule is O=C1CC[C@]2(CCC[C@@H]2O)N1Cc1ccccc1. The molecule has 3 nitrogen and oxygen atoms in total. The molecule has 3 rings (SSSR count). The molecule has 1 saturated heterocycles. The molecule has 2 aliphatic rings. The zero-order chi connectivity index (χ0) is 12.6. The Bertz CT molecular complexity index is 445. The number of amides is 1. The number of nitrogens with zero attached hydrogens (tertiary/aromatic N) is 1. The minimum absolute atomic E-state index is 0.194. The Morgan fingerprint density at radius 2 is 2.06 bits per heavy atom. The second kappa shape index (κ2) is 4.39. The van der Waals surface area contributed by atoms with Crippen molar-refractivity contribution < 1.29 is 9.90 Å². The Morgan fingerprint density at radius 1 is 1.28 bits per heavy atom. The Labute approximate surface area is 107 Å². The van der Waals surface area contributed by atoms with Crippen LogP contribution in [0.1, 0.15) is 37.7 Å². The first-order valence-electron chi connectivity index (χ1n) is 6.75. The number of aliphatic hydroxyl groups is 1. The summed E-state index contributed by atoms with van der Waals surface area (Å²) in [5, 5.41) is 10.3. The van der Waals surface area contributed by atoms with Crippen molar-refractivity contribution in [3.8, 4) is 0 Å². The number of rotatable bonds is 2. The van der Waals surface area contributed by atoms with Crippen molar-refractivity contribution in [1.82, 2.24) is 4.90 Å². The molecule has 2 atom stereocenters. The van der Waals surface area contributed by atoms with E-state index in [2.05, 4.69) is 0 Å². The van der Waals surface area contributed by atoms with Crippen LogP contribution in [0.4, 0.5) is 0 Å². The van der Waals surface area contributed by atoms with Gasteiger partial charge in [-0.2, -0.15) is 0 Å². The fraction of sp³-hybridized carbons (Fsp3) is 0.533. The van der Waals surface area contributed by atoms with Crippen LogP contribution in [0.25, 0.3) is 0 Å². The Hall–Kier alpha value is -1.35. The van der Waals surface area contributed by atoms with Gasteiger partial charge in [-0.25, -0.2) is 0 Å². The average Bonchev–Trinajstić information content (AvgIpc) is 2.90. The first-order valence-corrected chi connectivity index (χ1v) is 6.75. The second-order valence-corrected chi connectivity index (χ2v) is 5.48. The summed E-state index contributed by atoms with van der Waals surface area (Å²) in [5.74, 6) is 0.194. The normalized spacial score (nSPS) is 31.5. The number of aliphatic hydroxyl groups excluding tert-OH is 1. The van der Waals surface area contributed by atoms with E-state index in [-0.39, 0.29) is 17.6 Å². The molecule has 18 heavy (non-hydrogen) atoms. The predicted octanol–water partition coefficient (Wildman–Crippen LogP) is 2.09. The van der Waals surface area contributed by atoms with E-state index < -0.39 is 0 Å². The van der Waals surface area contributed by atoms with E-state index in [1.54, 1.807) is 0 Å². The molecule has 3 heteroatoms. The van der Waals surface area contributed by atoms with Gasteiger partial charge in [0.25, 0.3) is 0 Å². The molecule has 1 aliphatic heterocycles. The van der Waals surface area contributed by atoms with Crippen LogP contribution in [0.3, 0.4) is 0 Å². The van der Waals surface area contributed by atoms with Crippen LogP contribution in [0.15, 0.2) is 30.3 Å². The van der Waals surface area contributed by atoms with Crippen molar-refractivity contribution in [3.63, 3.8) is 0 Å². The highest BCUT2D eigenvalue weighted by Crippen LogP contribution is 2.44. The summed E-state index contributed by atoms with van der Waals surface area (Å²) in [4.78, 5) is 14.0. The van der Waals surface area contributed by atoms with Gasteiger partial charge in [0.1, 0.15) is 0 Å². The average molecular weight is 245 g/mol. The Balaban J connectivity index is 1.86. The number of likely N-dealkylation sites (tertiary alicyclic amines) is 1. The van der Waals surface area contributed by atoms with Crippen LogP contribution in [-0.2, 0) is 11.3 Å². The molecular weight excluding hydrogens is 226 g/mol. The number of hydrogen-bond donors (Lipinski definition) is 1. The van der Waals surface area contributed by atoms with Crippen molar-refractivity contribution in [2.45, 2.75) is 50.3 Å². The van der Waals surface area contributed by atoms with E-state index in [1.807, 2.05) is 35.2 Å². The minimum Gasteiger partial charge on any atom is -0.391 e. The van der Waals surface area contributed by atoms with Gasteiger partial charge in [0.2, 0.25) is 5.91 Å². The van der Waals surface area contributed by atoms with Crippen molar-refractivity contribution in [3.05, 3.63) is 35.9 Å². The van der Waals surface area contributed by atoms with Gasteiger partial charge in [-0.3, -0.25) is 4.79 Å². The van der Waals surface area contributed by atoms with Gasteiger partial charge in [-0.15, -0.1) is 0 Å². The van der Waals surface area contributed by atoms with Crippen LogP contribution >= 0.6 is 0 Å². The molecule has 0 bridgehead atoms. The fourth-order valence-corrected chi connectivity index (χ4v) is 3.50. The van der Waals surface area contributed by atoms with E-state index in [0.717, 1.165) is 31.2 Å². The highest BCUT2D eigenvalue weighted by molar-refractivity contribution is 5.80. The Kier molecular flexibility index (Phi) is 2.86. The molecule has 1 N–H and O–H groups in total. The van der Waals surface area contributed by atoms with Crippen molar-refractivity contribution >= 4 is 5.91 Å². The quantitative estimate of drug-likeness (QED) is 0.866. The van der Waals surface area contributed by atoms with Gasteiger partial charge >= 0.3 is 0 Å². The summed E-state index contributed by atoms with van der Waals surface area (Å²) in [7, 11) is 0. The molecule has 1 aromatic carbocycles. The summed E-state index contributed by atoms with van der Waals surface area (Å²) in [5.41, 5.74) is 0.874. The minimum atomic E-state index is -0.340. The topological polar surface area (TPSA) is 40.5 Å². The maximum Gasteiger partial charge on any atom is 0.223 e.